The molecule has 0 aliphatic carbocycles. The highest BCUT2D eigenvalue weighted by Crippen LogP contribution is 2.39. The number of nitrogens with zero attached hydrogens (tertiary/aromatic N) is 2. The smallest absolute Gasteiger partial charge is 0.279 e. The number of rotatable bonds is 8. The molecule has 1 aliphatic heterocycles. The van der Waals surface area contributed by atoms with E-state index in [-0.39, 0.29) is 17.9 Å². The van der Waals surface area contributed by atoms with Crippen LogP contribution in [0.4, 0.5) is 5.82 Å². The highest BCUT2D eigenvalue weighted by molar-refractivity contribution is 7.98. The van der Waals surface area contributed by atoms with Gasteiger partial charge in [0.2, 0.25) is 5.91 Å². The SMILES string of the molecule is CCCCOc1ccccc1[C@H]1CC(=O)Nc2c1c(=O)nc(SCc1cccc(C)c1)n2C. The van der Waals surface area contributed by atoms with Crippen LogP contribution in [0.25, 0.3) is 0 Å². The van der Waals surface area contributed by atoms with E-state index < -0.39 is 5.92 Å². The Hall–Kier alpha value is -3.06. The Balaban J connectivity index is 1.69. The van der Waals surface area contributed by atoms with Crippen LogP contribution < -0.4 is 15.6 Å². The molecule has 0 radical (unpaired) electrons. The molecule has 1 amide bonds. The average molecular weight is 464 g/mol. The first-order chi connectivity index (χ1) is 16.0. The highest BCUT2D eigenvalue weighted by atomic mass is 32.2. The van der Waals surface area contributed by atoms with E-state index in [9.17, 15) is 9.59 Å². The van der Waals surface area contributed by atoms with Crippen LogP contribution in [-0.4, -0.2) is 22.1 Å². The molecule has 2 heterocycles. The number of ether oxygens (including phenoxy) is 1. The fourth-order valence-electron chi connectivity index (χ4n) is 4.11. The fourth-order valence-corrected chi connectivity index (χ4v) is 5.01. The molecular weight excluding hydrogens is 434 g/mol. The zero-order valence-corrected chi connectivity index (χ0v) is 20.1. The van der Waals surface area contributed by atoms with Crippen LogP contribution >= 0.6 is 11.8 Å². The minimum absolute atomic E-state index is 0.119. The van der Waals surface area contributed by atoms with E-state index in [0.29, 0.717) is 28.9 Å². The first kappa shape index (κ1) is 23.1. The van der Waals surface area contributed by atoms with Gasteiger partial charge in [-0.3, -0.25) is 9.59 Å². The van der Waals surface area contributed by atoms with Crippen molar-refractivity contribution in [1.82, 2.24) is 9.55 Å². The number of aromatic nitrogens is 2. The van der Waals surface area contributed by atoms with Crippen molar-refractivity contribution < 1.29 is 9.53 Å². The number of unbranched alkanes of at least 4 members (excludes halogenated alkanes) is 1. The zero-order chi connectivity index (χ0) is 23.4. The monoisotopic (exact) mass is 463 g/mol. The second kappa shape index (κ2) is 10.3. The van der Waals surface area contributed by atoms with Crippen LogP contribution in [0.5, 0.6) is 5.75 Å². The third-order valence-electron chi connectivity index (χ3n) is 5.80. The molecule has 1 aliphatic rings. The predicted molar refractivity (Wildman–Crippen MR) is 132 cm³/mol. The summed E-state index contributed by atoms with van der Waals surface area (Å²) in [6.45, 7) is 4.77. The summed E-state index contributed by atoms with van der Waals surface area (Å²) in [6, 6.07) is 15.9. The predicted octanol–water partition coefficient (Wildman–Crippen LogP) is 5.03. The van der Waals surface area contributed by atoms with Gasteiger partial charge in [0.1, 0.15) is 11.6 Å². The van der Waals surface area contributed by atoms with Gasteiger partial charge in [-0.15, -0.1) is 0 Å². The summed E-state index contributed by atoms with van der Waals surface area (Å²) < 4.78 is 7.83. The number of hydrogen-bond donors (Lipinski definition) is 1. The summed E-state index contributed by atoms with van der Waals surface area (Å²) in [7, 11) is 1.84. The molecule has 0 fully saturated rings. The third kappa shape index (κ3) is 5.14. The van der Waals surface area contributed by atoms with Gasteiger partial charge >= 0.3 is 0 Å². The lowest BCUT2D eigenvalue weighted by molar-refractivity contribution is -0.116. The van der Waals surface area contributed by atoms with Gasteiger partial charge in [-0.05, 0) is 25.0 Å². The van der Waals surface area contributed by atoms with E-state index in [1.165, 1.54) is 17.3 Å². The highest BCUT2D eigenvalue weighted by Gasteiger charge is 2.33. The maximum absolute atomic E-state index is 13.2. The molecule has 33 heavy (non-hydrogen) atoms. The second-order valence-electron chi connectivity index (χ2n) is 8.34. The molecule has 7 heteroatoms. The number of thioether (sulfide) groups is 1. The summed E-state index contributed by atoms with van der Waals surface area (Å²) in [6.07, 6.45) is 2.17. The molecule has 3 aromatic rings. The largest absolute Gasteiger partial charge is 0.493 e. The summed E-state index contributed by atoms with van der Waals surface area (Å²) in [5.41, 5.74) is 3.41. The van der Waals surface area contributed by atoms with Crippen LogP contribution in [0.15, 0.2) is 58.5 Å². The first-order valence-electron chi connectivity index (χ1n) is 11.3. The van der Waals surface area contributed by atoms with Crippen molar-refractivity contribution in [3.63, 3.8) is 0 Å². The Morgan fingerprint density at radius 2 is 2.00 bits per heavy atom. The van der Waals surface area contributed by atoms with Gasteiger partial charge in [0.25, 0.3) is 5.56 Å². The third-order valence-corrected chi connectivity index (χ3v) is 6.90. The van der Waals surface area contributed by atoms with Gasteiger partial charge in [-0.25, -0.2) is 0 Å². The molecule has 6 nitrogen and oxygen atoms in total. The Labute approximate surface area is 198 Å². The Morgan fingerprint density at radius 1 is 1.18 bits per heavy atom. The molecule has 0 saturated heterocycles. The Kier molecular flexibility index (Phi) is 7.18. The maximum Gasteiger partial charge on any atom is 0.279 e. The van der Waals surface area contributed by atoms with E-state index in [4.69, 9.17) is 4.74 Å². The van der Waals surface area contributed by atoms with Crippen molar-refractivity contribution >= 4 is 23.5 Å². The number of carbonyl (C=O) groups is 1. The minimum atomic E-state index is -0.395. The number of aryl methyl sites for hydroxylation is 1. The van der Waals surface area contributed by atoms with Crippen LogP contribution in [-0.2, 0) is 17.6 Å². The van der Waals surface area contributed by atoms with Gasteiger partial charge in [-0.1, -0.05) is 73.1 Å². The second-order valence-corrected chi connectivity index (χ2v) is 9.29. The molecule has 0 saturated carbocycles. The number of benzene rings is 2. The number of para-hydroxylation sites is 1. The molecule has 4 rings (SSSR count). The summed E-state index contributed by atoms with van der Waals surface area (Å²) in [5, 5.41) is 3.50. The van der Waals surface area contributed by atoms with Crippen LogP contribution in [0.3, 0.4) is 0 Å². The van der Waals surface area contributed by atoms with Gasteiger partial charge < -0.3 is 14.6 Å². The van der Waals surface area contributed by atoms with E-state index in [1.54, 1.807) is 0 Å². The summed E-state index contributed by atoms with van der Waals surface area (Å²) in [4.78, 5) is 30.3. The van der Waals surface area contributed by atoms with Crippen molar-refractivity contribution in [3.8, 4) is 5.75 Å². The Bertz CT molecular complexity index is 1220. The van der Waals surface area contributed by atoms with E-state index in [2.05, 4.69) is 42.3 Å². The number of amides is 1. The maximum atomic E-state index is 13.2. The summed E-state index contributed by atoms with van der Waals surface area (Å²) in [5.74, 6) is 1.41. The molecule has 0 spiro atoms. The lowest BCUT2D eigenvalue weighted by Crippen LogP contribution is -2.33. The minimum Gasteiger partial charge on any atom is -0.493 e. The number of fused-ring (bicyclic) bond motifs is 1. The molecule has 0 bridgehead atoms. The molecule has 2 aromatic carbocycles. The topological polar surface area (TPSA) is 73.2 Å². The van der Waals surface area contributed by atoms with E-state index in [1.807, 2.05) is 41.9 Å². The van der Waals surface area contributed by atoms with Crippen LogP contribution in [0.2, 0.25) is 0 Å². The van der Waals surface area contributed by atoms with Crippen molar-refractivity contribution in [2.45, 2.75) is 49.9 Å². The van der Waals surface area contributed by atoms with E-state index in [0.717, 1.165) is 29.7 Å². The zero-order valence-electron chi connectivity index (χ0n) is 19.3. The average Bonchev–Trinajstić information content (AvgIpc) is 2.80. The molecule has 1 aromatic heterocycles. The molecule has 1 atom stereocenters. The Morgan fingerprint density at radius 3 is 2.79 bits per heavy atom. The molecule has 0 unspecified atom stereocenters. The van der Waals surface area contributed by atoms with Crippen molar-refractivity contribution in [2.75, 3.05) is 11.9 Å². The van der Waals surface area contributed by atoms with Crippen molar-refractivity contribution in [2.24, 2.45) is 7.05 Å². The van der Waals surface area contributed by atoms with E-state index >= 15 is 0 Å². The normalized spacial score (nSPS) is 15.1. The van der Waals surface area contributed by atoms with Crippen LogP contribution in [0, 0.1) is 6.92 Å². The molecule has 1 N–H and O–H groups in total. The van der Waals surface area contributed by atoms with Crippen molar-refractivity contribution in [3.05, 3.63) is 81.1 Å². The fraction of sp³-hybridized carbons (Fsp3) is 0.346. The lowest BCUT2D eigenvalue weighted by atomic mass is 9.86. The number of anilines is 1. The quantitative estimate of drug-likeness (QED) is 0.288. The first-order valence-corrected chi connectivity index (χ1v) is 12.3. The van der Waals surface area contributed by atoms with Crippen LogP contribution in [0.1, 0.15) is 54.4 Å². The van der Waals surface area contributed by atoms with Gasteiger partial charge in [0, 0.05) is 30.7 Å². The molecular formula is C26H29N3O3S. The lowest BCUT2D eigenvalue weighted by Gasteiger charge is -2.28. The van der Waals surface area contributed by atoms with Crippen molar-refractivity contribution in [1.29, 1.82) is 0 Å². The standard InChI is InChI=1S/C26H29N3O3S/c1-4-5-13-32-21-12-7-6-11-19(21)20-15-22(30)27-24-23(20)25(31)28-26(29(24)3)33-16-18-10-8-9-17(2)14-18/h6-12,14,20H,4-5,13,15-16H2,1-3H3,(H,27,30)/t20-/m1/s1. The van der Waals surface area contributed by atoms with Gasteiger partial charge in [-0.2, -0.15) is 4.98 Å². The van der Waals surface area contributed by atoms with Gasteiger partial charge in [0.05, 0.1) is 12.2 Å². The summed E-state index contributed by atoms with van der Waals surface area (Å²) >= 11 is 1.49. The molecule has 172 valence electrons. The number of hydrogen-bond acceptors (Lipinski definition) is 5. The number of nitrogens with one attached hydrogen (secondary N) is 1. The van der Waals surface area contributed by atoms with Gasteiger partial charge in [0.15, 0.2) is 5.16 Å². The number of carbonyl (C=O) groups excluding carboxylic acids is 1.